The van der Waals surface area contributed by atoms with Crippen LogP contribution in [0, 0.1) is 6.92 Å². The molecule has 1 spiro atoms. The zero-order valence-electron chi connectivity index (χ0n) is 14.2. The highest BCUT2D eigenvalue weighted by Crippen LogP contribution is 2.33. The summed E-state index contributed by atoms with van der Waals surface area (Å²) in [5.74, 6) is 1.10. The van der Waals surface area contributed by atoms with Crippen molar-refractivity contribution in [3.05, 3.63) is 41.0 Å². The van der Waals surface area contributed by atoms with E-state index in [1.165, 1.54) is 0 Å². The van der Waals surface area contributed by atoms with Gasteiger partial charge in [-0.1, -0.05) is 17.7 Å². The second-order valence-corrected chi connectivity index (χ2v) is 6.78. The number of nitrogens with zero attached hydrogens (tertiary/aromatic N) is 3. The molecule has 4 rings (SSSR count). The van der Waals surface area contributed by atoms with Gasteiger partial charge in [-0.25, -0.2) is 4.98 Å². The predicted molar refractivity (Wildman–Crippen MR) is 97.6 cm³/mol. The standard InChI is InChI=1S/C18H21ClN4O2/c1-13-14(19)3-2-4-15(13)21-17-20-8-5-16(22-17)23-9-6-18(7-10-23)24-11-12-25-18/h2-5,8H,6-7,9-12H2,1H3,(H,20,21,22). The molecule has 0 amide bonds. The van der Waals surface area contributed by atoms with Crippen LogP contribution in [0.4, 0.5) is 17.5 Å². The Morgan fingerprint density at radius 3 is 2.68 bits per heavy atom. The summed E-state index contributed by atoms with van der Waals surface area (Å²) < 4.78 is 11.6. The van der Waals surface area contributed by atoms with Gasteiger partial charge in [-0.3, -0.25) is 0 Å². The summed E-state index contributed by atoms with van der Waals surface area (Å²) in [4.78, 5) is 11.2. The Morgan fingerprint density at radius 2 is 1.92 bits per heavy atom. The third-order valence-electron chi connectivity index (χ3n) is 4.82. The van der Waals surface area contributed by atoms with Crippen LogP contribution >= 0.6 is 11.6 Å². The van der Waals surface area contributed by atoms with E-state index in [4.69, 9.17) is 21.1 Å². The number of benzene rings is 1. The summed E-state index contributed by atoms with van der Waals surface area (Å²) >= 11 is 6.18. The molecule has 6 nitrogen and oxygen atoms in total. The average Bonchev–Trinajstić information content (AvgIpc) is 3.08. The number of halogens is 1. The molecule has 3 heterocycles. The zero-order chi connectivity index (χ0) is 17.3. The Balaban J connectivity index is 1.47. The van der Waals surface area contributed by atoms with Crippen molar-refractivity contribution in [3.8, 4) is 0 Å². The molecule has 2 aliphatic heterocycles. The summed E-state index contributed by atoms with van der Waals surface area (Å²) in [6, 6.07) is 7.68. The smallest absolute Gasteiger partial charge is 0.229 e. The molecule has 1 N–H and O–H groups in total. The molecule has 7 heteroatoms. The van der Waals surface area contributed by atoms with Gasteiger partial charge in [-0.05, 0) is 30.7 Å². The van der Waals surface area contributed by atoms with Gasteiger partial charge >= 0.3 is 0 Å². The SMILES string of the molecule is Cc1c(Cl)cccc1Nc1nccc(N2CCC3(CC2)OCCO3)n1. The van der Waals surface area contributed by atoms with Gasteiger partial charge in [-0.15, -0.1) is 0 Å². The highest BCUT2D eigenvalue weighted by molar-refractivity contribution is 6.31. The molecule has 1 aromatic heterocycles. The van der Waals surface area contributed by atoms with Crippen LogP contribution in [0.15, 0.2) is 30.5 Å². The molecule has 0 radical (unpaired) electrons. The lowest BCUT2D eigenvalue weighted by molar-refractivity contribution is -0.169. The van der Waals surface area contributed by atoms with E-state index >= 15 is 0 Å². The molecule has 0 saturated carbocycles. The molecule has 2 saturated heterocycles. The van der Waals surface area contributed by atoms with E-state index in [1.54, 1.807) is 6.20 Å². The number of ether oxygens (including phenoxy) is 2. The van der Waals surface area contributed by atoms with Crippen LogP contribution in [0.5, 0.6) is 0 Å². The number of hydrogen-bond donors (Lipinski definition) is 1. The predicted octanol–water partition coefficient (Wildman–Crippen LogP) is 3.53. The fourth-order valence-corrected chi connectivity index (χ4v) is 3.49. The molecule has 1 aromatic carbocycles. The Morgan fingerprint density at radius 1 is 1.16 bits per heavy atom. The van der Waals surface area contributed by atoms with Crippen molar-refractivity contribution >= 4 is 29.1 Å². The quantitative estimate of drug-likeness (QED) is 0.903. The van der Waals surface area contributed by atoms with E-state index in [9.17, 15) is 0 Å². The number of piperidine rings is 1. The molecule has 0 bridgehead atoms. The van der Waals surface area contributed by atoms with Gasteiger partial charge in [0.1, 0.15) is 5.82 Å². The van der Waals surface area contributed by atoms with Crippen molar-refractivity contribution in [2.45, 2.75) is 25.6 Å². The van der Waals surface area contributed by atoms with Crippen LogP contribution in [0.1, 0.15) is 18.4 Å². The fourth-order valence-electron chi connectivity index (χ4n) is 3.31. The topological polar surface area (TPSA) is 59.5 Å². The van der Waals surface area contributed by atoms with Crippen molar-refractivity contribution < 1.29 is 9.47 Å². The molecule has 0 atom stereocenters. The molecule has 0 aliphatic carbocycles. The minimum Gasteiger partial charge on any atom is -0.356 e. The fraction of sp³-hybridized carbons (Fsp3) is 0.444. The molecule has 0 unspecified atom stereocenters. The average molecular weight is 361 g/mol. The number of anilines is 3. The second kappa shape index (κ2) is 6.78. The first-order valence-electron chi connectivity index (χ1n) is 8.53. The molecular formula is C18H21ClN4O2. The number of rotatable bonds is 3. The minimum absolute atomic E-state index is 0.373. The van der Waals surface area contributed by atoms with Crippen molar-refractivity contribution in [1.82, 2.24) is 9.97 Å². The van der Waals surface area contributed by atoms with Gasteiger partial charge in [0.25, 0.3) is 0 Å². The molecule has 132 valence electrons. The lowest BCUT2D eigenvalue weighted by Gasteiger charge is -2.38. The summed E-state index contributed by atoms with van der Waals surface area (Å²) in [6.07, 6.45) is 3.48. The molecule has 2 aromatic rings. The highest BCUT2D eigenvalue weighted by atomic mass is 35.5. The Hall–Kier alpha value is -1.89. The van der Waals surface area contributed by atoms with Crippen LogP contribution in [0.3, 0.4) is 0 Å². The third-order valence-corrected chi connectivity index (χ3v) is 5.23. The summed E-state index contributed by atoms with van der Waals surface area (Å²) in [7, 11) is 0. The van der Waals surface area contributed by atoms with Crippen LogP contribution in [-0.2, 0) is 9.47 Å². The van der Waals surface area contributed by atoms with E-state index in [1.807, 2.05) is 31.2 Å². The number of hydrogen-bond acceptors (Lipinski definition) is 6. The molecule has 2 fully saturated rings. The Labute approximate surface area is 152 Å². The second-order valence-electron chi connectivity index (χ2n) is 6.37. The van der Waals surface area contributed by atoms with Crippen LogP contribution in [0.25, 0.3) is 0 Å². The lowest BCUT2D eigenvalue weighted by Crippen LogP contribution is -2.45. The van der Waals surface area contributed by atoms with Crippen molar-refractivity contribution in [2.24, 2.45) is 0 Å². The number of nitrogens with one attached hydrogen (secondary N) is 1. The van der Waals surface area contributed by atoms with E-state index in [0.29, 0.717) is 19.2 Å². The lowest BCUT2D eigenvalue weighted by atomic mass is 10.0. The Kier molecular flexibility index (Phi) is 4.50. The van der Waals surface area contributed by atoms with Crippen LogP contribution < -0.4 is 10.2 Å². The van der Waals surface area contributed by atoms with Gasteiger partial charge in [0.15, 0.2) is 5.79 Å². The first kappa shape index (κ1) is 16.6. The first-order valence-corrected chi connectivity index (χ1v) is 8.91. The third kappa shape index (κ3) is 3.42. The summed E-state index contributed by atoms with van der Waals surface area (Å²) in [5.41, 5.74) is 1.89. The monoisotopic (exact) mass is 360 g/mol. The molecular weight excluding hydrogens is 340 g/mol. The zero-order valence-corrected chi connectivity index (χ0v) is 14.9. The maximum atomic E-state index is 6.18. The van der Waals surface area contributed by atoms with Gasteiger partial charge in [0.2, 0.25) is 5.95 Å². The van der Waals surface area contributed by atoms with Gasteiger partial charge in [0.05, 0.1) is 13.2 Å². The molecule has 25 heavy (non-hydrogen) atoms. The van der Waals surface area contributed by atoms with Crippen molar-refractivity contribution in [1.29, 1.82) is 0 Å². The normalized spacial score (nSPS) is 19.4. The maximum absolute atomic E-state index is 6.18. The van der Waals surface area contributed by atoms with E-state index in [-0.39, 0.29) is 5.79 Å². The summed E-state index contributed by atoms with van der Waals surface area (Å²) in [6.45, 7) is 5.07. The maximum Gasteiger partial charge on any atom is 0.229 e. The largest absolute Gasteiger partial charge is 0.356 e. The van der Waals surface area contributed by atoms with Gasteiger partial charge in [-0.2, -0.15) is 4.98 Å². The number of aromatic nitrogens is 2. The van der Waals surface area contributed by atoms with E-state index < -0.39 is 0 Å². The van der Waals surface area contributed by atoms with Crippen LogP contribution in [-0.4, -0.2) is 42.1 Å². The van der Waals surface area contributed by atoms with Crippen LogP contribution in [0.2, 0.25) is 5.02 Å². The van der Waals surface area contributed by atoms with Crippen molar-refractivity contribution in [3.63, 3.8) is 0 Å². The van der Waals surface area contributed by atoms with E-state index in [0.717, 1.165) is 48.0 Å². The first-order chi connectivity index (χ1) is 12.2. The minimum atomic E-state index is -0.373. The van der Waals surface area contributed by atoms with Gasteiger partial charge < -0.3 is 19.7 Å². The van der Waals surface area contributed by atoms with Gasteiger partial charge in [0, 0.05) is 42.8 Å². The van der Waals surface area contributed by atoms with Crippen molar-refractivity contribution in [2.75, 3.05) is 36.5 Å². The summed E-state index contributed by atoms with van der Waals surface area (Å²) in [5, 5.41) is 3.98. The van der Waals surface area contributed by atoms with E-state index in [2.05, 4.69) is 20.2 Å². The Bertz CT molecular complexity index is 754. The highest BCUT2D eigenvalue weighted by Gasteiger charge is 2.40. The molecule has 2 aliphatic rings.